The summed E-state index contributed by atoms with van der Waals surface area (Å²) < 4.78 is 11.0. The Kier molecular flexibility index (Phi) is 7.33. The Balaban J connectivity index is 1.99. The van der Waals surface area contributed by atoms with Crippen molar-refractivity contribution in [3.8, 4) is 11.5 Å². The summed E-state index contributed by atoms with van der Waals surface area (Å²) in [6, 6.07) is 13.2. The van der Waals surface area contributed by atoms with E-state index in [-0.39, 0.29) is 5.56 Å². The van der Waals surface area contributed by atoms with Gasteiger partial charge in [0.2, 0.25) is 0 Å². The first-order valence-electron chi connectivity index (χ1n) is 8.76. The standard InChI is InChI=1S/C21H26O4/c1-3-4-14-25-20-15-18(21(22)23)11-10-17(20)7-5-6-16-8-12-19(24-2)13-9-16/h8-13,15H,3-7,14H2,1-2H3,(H,22,23). The molecule has 0 unspecified atom stereocenters. The van der Waals surface area contributed by atoms with Gasteiger partial charge < -0.3 is 14.6 Å². The summed E-state index contributed by atoms with van der Waals surface area (Å²) in [6.45, 7) is 2.72. The highest BCUT2D eigenvalue weighted by molar-refractivity contribution is 5.88. The molecule has 0 aromatic heterocycles. The lowest BCUT2D eigenvalue weighted by molar-refractivity contribution is 0.0696. The molecule has 0 fully saturated rings. The zero-order valence-corrected chi connectivity index (χ0v) is 15.0. The highest BCUT2D eigenvalue weighted by atomic mass is 16.5. The average molecular weight is 342 g/mol. The van der Waals surface area contributed by atoms with Crippen LogP contribution in [0.5, 0.6) is 11.5 Å². The van der Waals surface area contributed by atoms with Crippen LogP contribution in [0, 0.1) is 0 Å². The molecule has 4 nitrogen and oxygen atoms in total. The summed E-state index contributed by atoms with van der Waals surface area (Å²) in [5.41, 5.74) is 2.59. The molecular weight excluding hydrogens is 316 g/mol. The summed E-state index contributed by atoms with van der Waals surface area (Å²) in [4.78, 5) is 11.2. The lowest BCUT2D eigenvalue weighted by atomic mass is 10.0. The summed E-state index contributed by atoms with van der Waals surface area (Å²) in [5, 5.41) is 9.17. The number of carboxylic acid groups (broad SMARTS) is 1. The molecule has 2 aromatic carbocycles. The van der Waals surface area contributed by atoms with E-state index in [1.165, 1.54) is 5.56 Å². The van der Waals surface area contributed by atoms with Gasteiger partial charge in [-0.2, -0.15) is 0 Å². The number of rotatable bonds is 10. The van der Waals surface area contributed by atoms with Gasteiger partial charge in [0.05, 0.1) is 19.3 Å². The maximum Gasteiger partial charge on any atom is 0.335 e. The lowest BCUT2D eigenvalue weighted by Crippen LogP contribution is -2.04. The van der Waals surface area contributed by atoms with Gasteiger partial charge in [0, 0.05) is 0 Å². The average Bonchev–Trinajstić information content (AvgIpc) is 2.63. The molecule has 0 aliphatic heterocycles. The first-order valence-corrected chi connectivity index (χ1v) is 8.76. The van der Waals surface area contributed by atoms with Crippen LogP contribution in [0.2, 0.25) is 0 Å². The second-order valence-electron chi connectivity index (χ2n) is 6.03. The zero-order valence-electron chi connectivity index (χ0n) is 15.0. The van der Waals surface area contributed by atoms with E-state index in [2.05, 4.69) is 19.1 Å². The third kappa shape index (κ3) is 5.82. The van der Waals surface area contributed by atoms with Crippen LogP contribution in [-0.4, -0.2) is 24.8 Å². The van der Waals surface area contributed by atoms with Gasteiger partial charge in [-0.15, -0.1) is 0 Å². The number of benzene rings is 2. The molecule has 0 spiro atoms. The van der Waals surface area contributed by atoms with E-state index < -0.39 is 5.97 Å². The molecule has 0 saturated heterocycles. The minimum Gasteiger partial charge on any atom is -0.497 e. The van der Waals surface area contributed by atoms with Crippen molar-refractivity contribution < 1.29 is 19.4 Å². The monoisotopic (exact) mass is 342 g/mol. The maximum absolute atomic E-state index is 11.2. The predicted octanol–water partition coefficient (Wildman–Crippen LogP) is 4.75. The summed E-state index contributed by atoms with van der Waals surface area (Å²) >= 11 is 0. The van der Waals surface area contributed by atoms with Crippen LogP contribution in [0.25, 0.3) is 0 Å². The molecule has 0 heterocycles. The maximum atomic E-state index is 11.2. The van der Waals surface area contributed by atoms with Gasteiger partial charge in [0.1, 0.15) is 11.5 Å². The number of carbonyl (C=O) groups is 1. The van der Waals surface area contributed by atoms with E-state index in [0.29, 0.717) is 12.4 Å². The van der Waals surface area contributed by atoms with Crippen LogP contribution in [0.4, 0.5) is 0 Å². The molecule has 0 bridgehead atoms. The van der Waals surface area contributed by atoms with E-state index in [0.717, 1.165) is 43.4 Å². The van der Waals surface area contributed by atoms with Gasteiger partial charge >= 0.3 is 5.97 Å². The number of hydrogen-bond acceptors (Lipinski definition) is 3. The van der Waals surface area contributed by atoms with Gasteiger partial charge in [-0.25, -0.2) is 4.79 Å². The third-order valence-corrected chi connectivity index (χ3v) is 4.14. The fraction of sp³-hybridized carbons (Fsp3) is 0.381. The minimum absolute atomic E-state index is 0.269. The molecule has 1 N–H and O–H groups in total. The van der Waals surface area contributed by atoms with Crippen molar-refractivity contribution in [1.82, 2.24) is 0 Å². The highest BCUT2D eigenvalue weighted by Gasteiger charge is 2.10. The van der Waals surface area contributed by atoms with Gasteiger partial charge in [0.25, 0.3) is 0 Å². The quantitative estimate of drug-likeness (QED) is 0.633. The number of aromatic carboxylic acids is 1. The van der Waals surface area contributed by atoms with E-state index in [4.69, 9.17) is 9.47 Å². The van der Waals surface area contributed by atoms with E-state index >= 15 is 0 Å². The van der Waals surface area contributed by atoms with Crippen LogP contribution in [-0.2, 0) is 12.8 Å². The normalized spacial score (nSPS) is 10.5. The van der Waals surface area contributed by atoms with Crippen molar-refractivity contribution in [2.24, 2.45) is 0 Å². The number of unbranched alkanes of at least 4 members (excludes halogenated alkanes) is 1. The topological polar surface area (TPSA) is 55.8 Å². The second kappa shape index (κ2) is 9.72. The number of ether oxygens (including phenoxy) is 2. The van der Waals surface area contributed by atoms with Gasteiger partial charge in [-0.1, -0.05) is 31.5 Å². The molecule has 4 heteroatoms. The molecule has 0 amide bonds. The van der Waals surface area contributed by atoms with E-state index in [1.54, 1.807) is 19.2 Å². The Morgan fingerprint density at radius 2 is 1.80 bits per heavy atom. The van der Waals surface area contributed by atoms with E-state index in [9.17, 15) is 9.90 Å². The smallest absolute Gasteiger partial charge is 0.335 e. The molecule has 0 atom stereocenters. The molecule has 0 aliphatic rings. The molecular formula is C21H26O4. The first kappa shape index (κ1) is 18.8. The number of hydrogen-bond donors (Lipinski definition) is 1. The fourth-order valence-corrected chi connectivity index (χ4v) is 2.63. The third-order valence-electron chi connectivity index (χ3n) is 4.14. The van der Waals surface area contributed by atoms with Gasteiger partial charge in [-0.3, -0.25) is 0 Å². The lowest BCUT2D eigenvalue weighted by Gasteiger charge is -2.12. The van der Waals surface area contributed by atoms with Crippen LogP contribution < -0.4 is 9.47 Å². The second-order valence-corrected chi connectivity index (χ2v) is 6.03. The molecule has 0 radical (unpaired) electrons. The van der Waals surface area contributed by atoms with Gasteiger partial charge in [0.15, 0.2) is 0 Å². The largest absolute Gasteiger partial charge is 0.497 e. The summed E-state index contributed by atoms with van der Waals surface area (Å²) in [5.74, 6) is 0.632. The highest BCUT2D eigenvalue weighted by Crippen LogP contribution is 2.23. The Labute approximate surface area is 149 Å². The van der Waals surface area contributed by atoms with Crippen molar-refractivity contribution in [2.75, 3.05) is 13.7 Å². The number of aryl methyl sites for hydroxylation is 2. The van der Waals surface area contributed by atoms with Crippen LogP contribution in [0.3, 0.4) is 0 Å². The minimum atomic E-state index is -0.926. The molecule has 2 rings (SSSR count). The molecule has 25 heavy (non-hydrogen) atoms. The van der Waals surface area contributed by atoms with E-state index in [1.807, 2.05) is 18.2 Å². The number of carboxylic acids is 1. The SMILES string of the molecule is CCCCOc1cc(C(=O)O)ccc1CCCc1ccc(OC)cc1. The van der Waals surface area contributed by atoms with Crippen molar-refractivity contribution >= 4 is 5.97 Å². The molecule has 134 valence electrons. The van der Waals surface area contributed by atoms with Crippen molar-refractivity contribution in [1.29, 1.82) is 0 Å². The molecule has 0 aliphatic carbocycles. The Morgan fingerprint density at radius 1 is 1.04 bits per heavy atom. The van der Waals surface area contributed by atoms with Crippen molar-refractivity contribution in [3.63, 3.8) is 0 Å². The summed E-state index contributed by atoms with van der Waals surface area (Å²) in [6.07, 6.45) is 4.79. The van der Waals surface area contributed by atoms with Gasteiger partial charge in [-0.05, 0) is 61.1 Å². The Bertz CT molecular complexity index is 677. The van der Waals surface area contributed by atoms with Crippen LogP contribution in [0.15, 0.2) is 42.5 Å². The molecule has 2 aromatic rings. The van der Waals surface area contributed by atoms with Crippen LogP contribution in [0.1, 0.15) is 47.7 Å². The zero-order chi connectivity index (χ0) is 18.1. The Hall–Kier alpha value is -2.49. The predicted molar refractivity (Wildman–Crippen MR) is 98.8 cm³/mol. The Morgan fingerprint density at radius 3 is 2.44 bits per heavy atom. The van der Waals surface area contributed by atoms with Crippen molar-refractivity contribution in [2.45, 2.75) is 39.0 Å². The first-order chi connectivity index (χ1) is 12.1. The number of methoxy groups -OCH3 is 1. The molecule has 0 saturated carbocycles. The summed E-state index contributed by atoms with van der Waals surface area (Å²) in [7, 11) is 1.66. The van der Waals surface area contributed by atoms with Crippen LogP contribution >= 0.6 is 0 Å². The van der Waals surface area contributed by atoms with Crippen molar-refractivity contribution in [3.05, 3.63) is 59.2 Å². The fourth-order valence-electron chi connectivity index (χ4n) is 2.63.